The quantitative estimate of drug-likeness (QED) is 0.833. The summed E-state index contributed by atoms with van der Waals surface area (Å²) in [4.78, 5) is 2.62. The summed E-state index contributed by atoms with van der Waals surface area (Å²) in [5.41, 5.74) is 2.25. The Morgan fingerprint density at radius 1 is 1.04 bits per heavy atom. The van der Waals surface area contributed by atoms with Gasteiger partial charge in [0.2, 0.25) is 0 Å². The van der Waals surface area contributed by atoms with E-state index in [0.717, 1.165) is 29.5 Å². The van der Waals surface area contributed by atoms with E-state index in [-0.39, 0.29) is 0 Å². The van der Waals surface area contributed by atoms with Crippen molar-refractivity contribution < 1.29 is 0 Å². The molecule has 2 aromatic rings. The lowest BCUT2D eigenvalue weighted by Gasteiger charge is -2.54. The van der Waals surface area contributed by atoms with Gasteiger partial charge in [-0.2, -0.15) is 5.26 Å². The van der Waals surface area contributed by atoms with Crippen molar-refractivity contribution in [1.82, 2.24) is 4.90 Å². The average molecular weight is 328 g/mol. The molecule has 2 bridgehead atoms. The molecule has 0 aromatic heterocycles. The second-order valence-electron chi connectivity index (χ2n) is 8.35. The lowest BCUT2D eigenvalue weighted by Crippen LogP contribution is -2.61. The number of hydrogen-bond acceptors (Lipinski definition) is 2. The van der Waals surface area contributed by atoms with Crippen molar-refractivity contribution in [1.29, 1.82) is 5.26 Å². The van der Waals surface area contributed by atoms with E-state index in [4.69, 9.17) is 0 Å². The molecule has 2 aliphatic heterocycles. The van der Waals surface area contributed by atoms with E-state index in [0.29, 0.717) is 11.5 Å². The van der Waals surface area contributed by atoms with Gasteiger partial charge < -0.3 is 0 Å². The lowest BCUT2D eigenvalue weighted by molar-refractivity contribution is -0.0446. The van der Waals surface area contributed by atoms with Gasteiger partial charge in [-0.3, -0.25) is 4.90 Å². The van der Waals surface area contributed by atoms with Gasteiger partial charge in [0.05, 0.1) is 6.07 Å². The summed E-state index contributed by atoms with van der Waals surface area (Å²) in [6.45, 7) is 0. The Morgan fingerprint density at radius 2 is 1.64 bits per heavy atom. The third-order valence-corrected chi connectivity index (χ3v) is 7.30. The first-order valence-electron chi connectivity index (χ1n) is 9.45. The molecule has 0 amide bonds. The van der Waals surface area contributed by atoms with Crippen molar-refractivity contribution in [2.75, 3.05) is 7.05 Å². The third-order valence-electron chi connectivity index (χ3n) is 7.30. The highest BCUT2D eigenvalue weighted by Crippen LogP contribution is 2.69. The highest BCUT2D eigenvalue weighted by Gasteiger charge is 2.73. The van der Waals surface area contributed by atoms with Gasteiger partial charge in [0.1, 0.15) is 5.41 Å². The van der Waals surface area contributed by atoms with E-state index in [2.05, 4.69) is 66.5 Å². The molecule has 0 N–H and O–H groups in total. The van der Waals surface area contributed by atoms with Crippen LogP contribution in [0.25, 0.3) is 0 Å². The molecule has 25 heavy (non-hydrogen) atoms. The van der Waals surface area contributed by atoms with Gasteiger partial charge in [-0.15, -0.1) is 0 Å². The Balaban J connectivity index is 1.52. The molecule has 1 spiro atoms. The van der Waals surface area contributed by atoms with Crippen molar-refractivity contribution in [3.05, 3.63) is 71.8 Å². The Bertz CT molecular complexity index is 783. The molecule has 126 valence electrons. The molecule has 2 aliphatic carbocycles. The average Bonchev–Trinajstić information content (AvgIpc) is 3.37. The predicted molar refractivity (Wildman–Crippen MR) is 99.0 cm³/mol. The number of nitrogens with zero attached hydrogens (tertiary/aromatic N) is 2. The Labute approximate surface area is 150 Å². The van der Waals surface area contributed by atoms with Crippen LogP contribution in [-0.2, 0) is 5.41 Å². The second-order valence-corrected chi connectivity index (χ2v) is 8.35. The number of fused-ring (bicyclic) bond motifs is 2. The predicted octanol–water partition coefficient (Wildman–Crippen LogP) is 4.37. The van der Waals surface area contributed by atoms with E-state index in [1.54, 1.807) is 0 Å². The van der Waals surface area contributed by atoms with E-state index in [1.165, 1.54) is 19.3 Å². The second kappa shape index (κ2) is 5.19. The first-order chi connectivity index (χ1) is 12.2. The Hall–Kier alpha value is -2.11. The van der Waals surface area contributed by atoms with Crippen molar-refractivity contribution in [3.63, 3.8) is 0 Å². The number of nitriles is 1. The molecule has 2 saturated heterocycles. The standard InChI is InChI=1S/C23H24N2/c1-25-21-12-17(14-23(25)15-20(21)23)13-22(16-24,18-8-4-2-5-9-18)19-10-6-3-7-11-19/h2-11,17,20-21H,12-15H2,1H3/t17?,20?,21?,23-/m1/s1. The van der Waals surface area contributed by atoms with Gasteiger partial charge in [-0.25, -0.2) is 0 Å². The molecule has 6 rings (SSSR count). The molecule has 2 heteroatoms. The largest absolute Gasteiger partial charge is 0.297 e. The van der Waals surface area contributed by atoms with Gasteiger partial charge in [0.25, 0.3) is 0 Å². The minimum absolute atomic E-state index is 0.502. The fourth-order valence-corrected chi connectivity index (χ4v) is 5.98. The number of benzene rings is 2. The molecule has 4 fully saturated rings. The number of rotatable bonds is 4. The first kappa shape index (κ1) is 15.2. The van der Waals surface area contributed by atoms with Crippen molar-refractivity contribution in [2.45, 2.75) is 42.7 Å². The van der Waals surface area contributed by atoms with Gasteiger partial charge >= 0.3 is 0 Å². The smallest absolute Gasteiger partial charge is 0.107 e. The van der Waals surface area contributed by atoms with Crippen LogP contribution < -0.4 is 0 Å². The highest BCUT2D eigenvalue weighted by molar-refractivity contribution is 5.46. The van der Waals surface area contributed by atoms with Crippen LogP contribution in [0.5, 0.6) is 0 Å². The van der Waals surface area contributed by atoms with Crippen LogP contribution in [0.2, 0.25) is 0 Å². The summed E-state index contributed by atoms with van der Waals surface area (Å²) in [5, 5.41) is 10.4. The summed E-state index contributed by atoms with van der Waals surface area (Å²) in [6, 6.07) is 24.4. The monoisotopic (exact) mass is 328 g/mol. The molecule has 2 aromatic carbocycles. The zero-order valence-electron chi connectivity index (χ0n) is 14.7. The maximum Gasteiger partial charge on any atom is 0.107 e. The normalized spacial score (nSPS) is 33.0. The highest BCUT2D eigenvalue weighted by atomic mass is 15.4. The molecular formula is C23H24N2. The van der Waals surface area contributed by atoms with Crippen LogP contribution in [0.3, 0.4) is 0 Å². The van der Waals surface area contributed by atoms with Crippen LogP contribution >= 0.6 is 0 Å². The van der Waals surface area contributed by atoms with Gasteiger partial charge in [0.15, 0.2) is 0 Å². The molecule has 2 nitrogen and oxygen atoms in total. The first-order valence-corrected chi connectivity index (χ1v) is 9.45. The fourth-order valence-electron chi connectivity index (χ4n) is 5.98. The summed E-state index contributed by atoms with van der Waals surface area (Å²) >= 11 is 0. The summed E-state index contributed by atoms with van der Waals surface area (Å²) in [7, 11) is 2.30. The van der Waals surface area contributed by atoms with Crippen LogP contribution in [0.1, 0.15) is 36.8 Å². The minimum Gasteiger partial charge on any atom is -0.297 e. The van der Waals surface area contributed by atoms with Gasteiger partial charge in [-0.05, 0) is 55.7 Å². The van der Waals surface area contributed by atoms with E-state index >= 15 is 0 Å². The molecule has 2 saturated carbocycles. The SMILES string of the molecule is CN1C2CC(CC(C#N)(c3ccccc3)c3ccccc3)C[C@]13CC23. The zero-order valence-corrected chi connectivity index (χ0v) is 14.7. The maximum absolute atomic E-state index is 10.4. The van der Waals surface area contributed by atoms with E-state index in [9.17, 15) is 5.26 Å². The summed E-state index contributed by atoms with van der Waals surface area (Å²) < 4.78 is 0. The molecular weight excluding hydrogens is 304 g/mol. The van der Waals surface area contributed by atoms with Crippen molar-refractivity contribution in [3.8, 4) is 6.07 Å². The third kappa shape index (κ3) is 1.99. The number of piperidine rings is 1. The fraction of sp³-hybridized carbons (Fsp3) is 0.435. The zero-order chi connectivity index (χ0) is 17.1. The summed E-state index contributed by atoms with van der Waals surface area (Å²) in [5.74, 6) is 1.60. The molecule has 4 atom stereocenters. The molecule has 4 aliphatic rings. The van der Waals surface area contributed by atoms with E-state index < -0.39 is 5.41 Å². The molecule has 2 heterocycles. The van der Waals surface area contributed by atoms with Crippen molar-refractivity contribution >= 4 is 0 Å². The van der Waals surface area contributed by atoms with Crippen LogP contribution in [0, 0.1) is 23.2 Å². The van der Waals surface area contributed by atoms with Crippen molar-refractivity contribution in [2.24, 2.45) is 11.8 Å². The van der Waals surface area contributed by atoms with E-state index in [1.807, 2.05) is 12.1 Å². The minimum atomic E-state index is -0.531. The topological polar surface area (TPSA) is 27.0 Å². The summed E-state index contributed by atoms with van der Waals surface area (Å²) in [6.07, 6.45) is 4.86. The molecule has 0 radical (unpaired) electrons. The number of hydrogen-bond donors (Lipinski definition) is 0. The van der Waals surface area contributed by atoms with Crippen LogP contribution in [0.15, 0.2) is 60.7 Å². The van der Waals surface area contributed by atoms with Gasteiger partial charge in [0, 0.05) is 11.6 Å². The Kier molecular flexibility index (Phi) is 3.15. The maximum atomic E-state index is 10.4. The van der Waals surface area contributed by atoms with Crippen LogP contribution in [0.4, 0.5) is 0 Å². The molecule has 3 unspecified atom stereocenters. The van der Waals surface area contributed by atoms with Gasteiger partial charge in [-0.1, -0.05) is 60.7 Å². The Morgan fingerprint density at radius 3 is 2.12 bits per heavy atom. The lowest BCUT2D eigenvalue weighted by atomic mass is 9.64. The van der Waals surface area contributed by atoms with Crippen LogP contribution in [-0.4, -0.2) is 23.5 Å².